The highest BCUT2D eigenvalue weighted by Gasteiger charge is 2.18. The Morgan fingerprint density at radius 1 is 1.47 bits per heavy atom. The topological polar surface area (TPSA) is 81.4 Å². The lowest BCUT2D eigenvalue weighted by Crippen LogP contribution is -2.29. The molecular formula is C12H19ClN2O3S. The molecule has 1 atom stereocenters. The first-order chi connectivity index (χ1) is 8.49. The Labute approximate surface area is 120 Å². The average molecular weight is 307 g/mol. The van der Waals surface area contributed by atoms with E-state index in [1.54, 1.807) is 18.2 Å². The summed E-state index contributed by atoms with van der Waals surface area (Å²) in [5.74, 6) is 0.782. The van der Waals surface area contributed by atoms with Crippen molar-refractivity contribution in [2.24, 2.45) is 5.73 Å². The summed E-state index contributed by atoms with van der Waals surface area (Å²) in [6, 6.07) is 4.94. The predicted molar refractivity (Wildman–Crippen MR) is 76.3 cm³/mol. The summed E-state index contributed by atoms with van der Waals surface area (Å²) in [6.07, 6.45) is 1.38. The van der Waals surface area contributed by atoms with Crippen LogP contribution in [0, 0.1) is 0 Å². The molecule has 0 aliphatic carbocycles. The molecule has 0 aromatic heterocycles. The van der Waals surface area contributed by atoms with Gasteiger partial charge in [0.25, 0.3) is 0 Å². The number of rotatable bonds is 5. The number of fused-ring (bicyclic) bond motifs is 1. The van der Waals surface area contributed by atoms with Crippen LogP contribution >= 0.6 is 12.4 Å². The minimum Gasteiger partial charge on any atom is -0.493 e. The van der Waals surface area contributed by atoms with Crippen LogP contribution < -0.4 is 15.2 Å². The third-order valence-corrected chi connectivity index (χ3v) is 4.32. The summed E-state index contributed by atoms with van der Waals surface area (Å²) in [4.78, 5) is 0.288. The molecule has 1 unspecified atom stereocenters. The van der Waals surface area contributed by atoms with Crippen molar-refractivity contribution in [2.45, 2.75) is 30.7 Å². The lowest BCUT2D eigenvalue weighted by molar-refractivity contribution is 0.356. The van der Waals surface area contributed by atoms with Crippen LogP contribution in [0.25, 0.3) is 0 Å². The molecule has 1 aromatic rings. The first-order valence-corrected chi connectivity index (χ1v) is 7.48. The van der Waals surface area contributed by atoms with E-state index in [0.29, 0.717) is 19.6 Å². The second-order valence-corrected chi connectivity index (χ2v) is 6.30. The molecule has 108 valence electrons. The van der Waals surface area contributed by atoms with Crippen LogP contribution in [0.5, 0.6) is 5.75 Å². The Balaban J connectivity index is 0.00000180. The second-order valence-electron chi connectivity index (χ2n) is 4.53. The number of halogens is 1. The van der Waals surface area contributed by atoms with Gasteiger partial charge in [0.1, 0.15) is 5.75 Å². The molecule has 1 aliphatic rings. The zero-order chi connectivity index (χ0) is 13.2. The number of nitrogens with one attached hydrogen (secondary N) is 1. The van der Waals surface area contributed by atoms with Crippen LogP contribution in [-0.4, -0.2) is 27.6 Å². The summed E-state index contributed by atoms with van der Waals surface area (Å²) in [7, 11) is -3.44. The maximum absolute atomic E-state index is 12.0. The summed E-state index contributed by atoms with van der Waals surface area (Å²) < 4.78 is 31.9. The largest absolute Gasteiger partial charge is 0.493 e. The van der Waals surface area contributed by atoms with E-state index in [2.05, 4.69) is 4.72 Å². The summed E-state index contributed by atoms with van der Waals surface area (Å²) in [5, 5.41) is 0. The third-order valence-electron chi connectivity index (χ3n) is 2.86. The van der Waals surface area contributed by atoms with Crippen LogP contribution in [0.3, 0.4) is 0 Å². The van der Waals surface area contributed by atoms with E-state index >= 15 is 0 Å². The normalized spacial score (nSPS) is 15.3. The minimum atomic E-state index is -3.44. The fraction of sp³-hybridized carbons (Fsp3) is 0.500. The van der Waals surface area contributed by atoms with Crippen molar-refractivity contribution in [3.05, 3.63) is 23.8 Å². The van der Waals surface area contributed by atoms with E-state index < -0.39 is 10.0 Å². The fourth-order valence-electron chi connectivity index (χ4n) is 1.83. The van der Waals surface area contributed by atoms with Crippen molar-refractivity contribution < 1.29 is 13.2 Å². The molecular weight excluding hydrogens is 288 g/mol. The highest BCUT2D eigenvalue weighted by molar-refractivity contribution is 7.89. The standard InChI is InChI=1S/C12H18N2O3S.ClH/c1-9(13)4-6-14-18(15,16)11-2-3-12-10(8-11)5-7-17-12;/h2-3,8-9,14H,4-7,13H2,1H3;1H. The van der Waals surface area contributed by atoms with Crippen molar-refractivity contribution in [3.8, 4) is 5.75 Å². The molecule has 1 aliphatic heterocycles. The molecule has 0 amide bonds. The Bertz CT molecular complexity index is 532. The van der Waals surface area contributed by atoms with Crippen molar-refractivity contribution in [1.29, 1.82) is 0 Å². The third kappa shape index (κ3) is 4.07. The molecule has 0 saturated heterocycles. The zero-order valence-corrected chi connectivity index (χ0v) is 12.4. The van der Waals surface area contributed by atoms with Crippen molar-refractivity contribution >= 4 is 22.4 Å². The van der Waals surface area contributed by atoms with Gasteiger partial charge in [-0.2, -0.15) is 0 Å². The van der Waals surface area contributed by atoms with Gasteiger partial charge in [0, 0.05) is 19.0 Å². The van der Waals surface area contributed by atoms with Crippen LogP contribution in [-0.2, 0) is 16.4 Å². The van der Waals surface area contributed by atoms with Gasteiger partial charge in [-0.1, -0.05) is 0 Å². The molecule has 0 radical (unpaired) electrons. The molecule has 0 bridgehead atoms. The Morgan fingerprint density at radius 3 is 2.89 bits per heavy atom. The maximum Gasteiger partial charge on any atom is 0.240 e. The fourth-order valence-corrected chi connectivity index (χ4v) is 2.93. The number of ether oxygens (including phenoxy) is 1. The average Bonchev–Trinajstić information content (AvgIpc) is 2.74. The molecule has 1 aromatic carbocycles. The van der Waals surface area contributed by atoms with Gasteiger partial charge >= 0.3 is 0 Å². The van der Waals surface area contributed by atoms with Crippen LogP contribution in [0.2, 0.25) is 0 Å². The number of nitrogens with two attached hydrogens (primary N) is 1. The van der Waals surface area contributed by atoms with Crippen molar-refractivity contribution in [3.63, 3.8) is 0 Å². The van der Waals surface area contributed by atoms with Gasteiger partial charge < -0.3 is 10.5 Å². The first kappa shape index (κ1) is 16.2. The monoisotopic (exact) mass is 306 g/mol. The van der Waals surface area contributed by atoms with E-state index in [-0.39, 0.29) is 23.3 Å². The van der Waals surface area contributed by atoms with E-state index in [1.165, 1.54) is 0 Å². The number of benzene rings is 1. The van der Waals surface area contributed by atoms with Crippen LogP contribution in [0.4, 0.5) is 0 Å². The molecule has 1 heterocycles. The Hall–Kier alpha value is -0.820. The first-order valence-electron chi connectivity index (χ1n) is 6.00. The minimum absolute atomic E-state index is 0. The highest BCUT2D eigenvalue weighted by atomic mass is 35.5. The van der Waals surface area contributed by atoms with E-state index in [0.717, 1.165) is 17.7 Å². The molecule has 7 heteroatoms. The van der Waals surface area contributed by atoms with Crippen molar-refractivity contribution in [1.82, 2.24) is 4.72 Å². The van der Waals surface area contributed by atoms with Gasteiger partial charge in [-0.3, -0.25) is 0 Å². The van der Waals surface area contributed by atoms with Crippen LogP contribution in [0.1, 0.15) is 18.9 Å². The van der Waals surface area contributed by atoms with Gasteiger partial charge in [0.05, 0.1) is 11.5 Å². The molecule has 0 saturated carbocycles. The number of hydrogen-bond acceptors (Lipinski definition) is 4. The second kappa shape index (κ2) is 6.56. The predicted octanol–water partition coefficient (Wildman–Crippen LogP) is 1.06. The maximum atomic E-state index is 12.0. The van der Waals surface area contributed by atoms with E-state index in [9.17, 15) is 8.42 Å². The summed E-state index contributed by atoms with van der Waals surface area (Å²) in [6.45, 7) is 2.82. The molecule has 2 rings (SSSR count). The molecule has 3 N–H and O–H groups in total. The smallest absolute Gasteiger partial charge is 0.240 e. The quantitative estimate of drug-likeness (QED) is 0.852. The Morgan fingerprint density at radius 2 is 2.21 bits per heavy atom. The molecule has 5 nitrogen and oxygen atoms in total. The lowest BCUT2D eigenvalue weighted by Gasteiger charge is -2.09. The summed E-state index contributed by atoms with van der Waals surface area (Å²) in [5.41, 5.74) is 6.53. The van der Waals surface area contributed by atoms with Gasteiger partial charge in [-0.25, -0.2) is 13.1 Å². The van der Waals surface area contributed by atoms with Gasteiger partial charge in [-0.05, 0) is 37.1 Å². The highest BCUT2D eigenvalue weighted by Crippen LogP contribution is 2.27. The van der Waals surface area contributed by atoms with E-state index in [4.69, 9.17) is 10.5 Å². The Kier molecular flexibility index (Phi) is 5.61. The summed E-state index contributed by atoms with van der Waals surface area (Å²) >= 11 is 0. The van der Waals surface area contributed by atoms with Gasteiger partial charge in [0.2, 0.25) is 10.0 Å². The SMILES string of the molecule is CC(N)CCNS(=O)(=O)c1ccc2c(c1)CCO2.Cl. The number of hydrogen-bond donors (Lipinski definition) is 2. The molecule has 0 fully saturated rings. The molecule has 19 heavy (non-hydrogen) atoms. The van der Waals surface area contributed by atoms with E-state index in [1.807, 2.05) is 6.92 Å². The van der Waals surface area contributed by atoms with Crippen LogP contribution in [0.15, 0.2) is 23.1 Å². The lowest BCUT2D eigenvalue weighted by atomic mass is 10.2. The molecule has 0 spiro atoms. The zero-order valence-electron chi connectivity index (χ0n) is 10.8. The van der Waals surface area contributed by atoms with Gasteiger partial charge in [0.15, 0.2) is 0 Å². The van der Waals surface area contributed by atoms with Crippen molar-refractivity contribution in [2.75, 3.05) is 13.2 Å². The number of sulfonamides is 1. The van der Waals surface area contributed by atoms with Gasteiger partial charge in [-0.15, -0.1) is 12.4 Å².